The number of likely N-dealkylation sites (tertiary alicyclic amines) is 1. The van der Waals surface area contributed by atoms with Gasteiger partial charge in [0.15, 0.2) is 0 Å². The highest BCUT2D eigenvalue weighted by molar-refractivity contribution is 5.85. The van der Waals surface area contributed by atoms with Crippen molar-refractivity contribution in [1.82, 2.24) is 4.90 Å². The summed E-state index contributed by atoms with van der Waals surface area (Å²) in [6.45, 7) is -0.134. The van der Waals surface area contributed by atoms with Gasteiger partial charge in [0.25, 0.3) is 5.92 Å². The highest BCUT2D eigenvalue weighted by Crippen LogP contribution is 2.89. The second kappa shape index (κ2) is 4.73. The number of alkyl halides is 2. The summed E-state index contributed by atoms with van der Waals surface area (Å²) in [7, 11) is 0. The maximum absolute atomic E-state index is 14.2. The number of hydrogen-bond acceptors (Lipinski definition) is 2. The quantitative estimate of drug-likeness (QED) is 0.866. The molecule has 1 amide bonds. The molecular formula is C22H26F2N2O. The summed E-state index contributed by atoms with van der Waals surface area (Å²) in [4.78, 5) is 15.0. The number of nitrogens with zero attached hydrogens (tertiary/aromatic N) is 1. The smallest absolute Gasteiger partial charge is 0.280 e. The van der Waals surface area contributed by atoms with Crippen molar-refractivity contribution >= 4 is 5.91 Å². The number of fused-ring (bicyclic) bond motifs is 1. The van der Waals surface area contributed by atoms with E-state index < -0.39 is 23.9 Å². The van der Waals surface area contributed by atoms with E-state index in [-0.39, 0.29) is 23.2 Å². The number of halogens is 2. The number of hydrogen-bond donors (Lipinski definition) is 1. The van der Waals surface area contributed by atoms with Crippen LogP contribution < -0.4 is 5.73 Å². The van der Waals surface area contributed by atoms with E-state index in [9.17, 15) is 13.6 Å². The molecule has 3 nitrogen and oxygen atoms in total. The molecule has 1 saturated heterocycles. The van der Waals surface area contributed by atoms with Crippen LogP contribution in [0.1, 0.15) is 44.1 Å². The molecule has 5 fully saturated rings. The van der Waals surface area contributed by atoms with Gasteiger partial charge in [0.2, 0.25) is 5.91 Å². The summed E-state index contributed by atoms with van der Waals surface area (Å²) < 4.78 is 28.4. The minimum absolute atomic E-state index is 0.0127. The van der Waals surface area contributed by atoms with Crippen molar-refractivity contribution in [1.29, 1.82) is 0 Å². The number of piperidine rings is 1. The topological polar surface area (TPSA) is 46.3 Å². The van der Waals surface area contributed by atoms with Crippen molar-refractivity contribution in [3.05, 3.63) is 35.9 Å². The molecule has 5 heteroatoms. The van der Waals surface area contributed by atoms with Gasteiger partial charge in [-0.2, -0.15) is 0 Å². The van der Waals surface area contributed by atoms with Gasteiger partial charge in [-0.05, 0) is 61.3 Å². The van der Waals surface area contributed by atoms with Crippen molar-refractivity contribution in [2.24, 2.45) is 28.4 Å². The minimum atomic E-state index is -2.97. The summed E-state index contributed by atoms with van der Waals surface area (Å²) in [6, 6.07) is 9.53. The van der Waals surface area contributed by atoms with Crippen LogP contribution in [0.2, 0.25) is 0 Å². The SMILES string of the molecule is NC1CCN(C(=O)C23CC4CC5CC(c6ccccc6)(C2)C45C3)CC1(F)F. The number of rotatable bonds is 2. The predicted octanol–water partition coefficient (Wildman–Crippen LogP) is 3.33. The van der Waals surface area contributed by atoms with Gasteiger partial charge < -0.3 is 10.6 Å². The molecule has 6 rings (SSSR count). The lowest BCUT2D eigenvalue weighted by Crippen LogP contribution is -2.69. The number of carbonyl (C=O) groups excluding carboxylic acids is 1. The number of benzene rings is 1. The molecule has 1 aromatic rings. The first-order valence-electron chi connectivity index (χ1n) is 10.3. The van der Waals surface area contributed by atoms with Crippen LogP contribution in [0.5, 0.6) is 0 Å². The lowest BCUT2D eigenvalue weighted by Gasteiger charge is -2.73. The molecule has 4 aliphatic carbocycles. The third kappa shape index (κ3) is 1.70. The lowest BCUT2D eigenvalue weighted by molar-refractivity contribution is -0.202. The van der Waals surface area contributed by atoms with E-state index in [1.54, 1.807) is 0 Å². The van der Waals surface area contributed by atoms with Crippen LogP contribution in [0.3, 0.4) is 0 Å². The average molecular weight is 372 g/mol. The molecule has 1 heterocycles. The van der Waals surface area contributed by atoms with Gasteiger partial charge in [-0.15, -0.1) is 0 Å². The molecule has 1 aromatic carbocycles. The van der Waals surface area contributed by atoms with E-state index in [1.807, 2.05) is 6.07 Å². The second-order valence-electron chi connectivity index (χ2n) is 10.0. The second-order valence-corrected chi connectivity index (χ2v) is 10.0. The predicted molar refractivity (Wildman–Crippen MR) is 97.2 cm³/mol. The monoisotopic (exact) mass is 372 g/mol. The molecule has 4 saturated carbocycles. The summed E-state index contributed by atoms with van der Waals surface area (Å²) in [5.41, 5.74) is 6.90. The molecular weight excluding hydrogens is 346 g/mol. The first kappa shape index (κ1) is 16.5. The van der Waals surface area contributed by atoms with Crippen LogP contribution in [0.25, 0.3) is 0 Å². The normalized spacial score (nSPS) is 48.6. The molecule has 2 bridgehead atoms. The average Bonchev–Trinajstić information content (AvgIpc) is 3.10. The van der Waals surface area contributed by atoms with E-state index in [4.69, 9.17) is 5.73 Å². The Kier molecular flexibility index (Phi) is 2.88. The van der Waals surface area contributed by atoms with Gasteiger partial charge in [-0.3, -0.25) is 4.79 Å². The number of nitrogens with two attached hydrogens (primary N) is 1. The van der Waals surface area contributed by atoms with Crippen LogP contribution in [0.15, 0.2) is 30.3 Å². The van der Waals surface area contributed by atoms with Crippen molar-refractivity contribution < 1.29 is 13.6 Å². The fourth-order valence-electron chi connectivity index (χ4n) is 8.19. The summed E-state index contributed by atoms with van der Waals surface area (Å²) in [5, 5.41) is 0. The Morgan fingerprint density at radius 2 is 1.85 bits per heavy atom. The molecule has 0 aromatic heterocycles. The molecule has 6 atom stereocenters. The summed E-state index contributed by atoms with van der Waals surface area (Å²) >= 11 is 0. The highest BCUT2D eigenvalue weighted by Gasteiger charge is 2.85. The minimum Gasteiger partial charge on any atom is -0.336 e. The standard InChI is InChI=1S/C22H26F2N2O/c23-22(24)13-26(7-6-17(22)25)18(27)19-9-15-8-16-10-20(11-19,21(15,16)12-19)14-4-2-1-3-5-14/h1-5,15-17H,6-13,25H2. The largest absolute Gasteiger partial charge is 0.336 e. The van der Waals surface area contributed by atoms with Gasteiger partial charge in [0.1, 0.15) is 0 Å². The molecule has 2 N–H and O–H groups in total. The van der Waals surface area contributed by atoms with Gasteiger partial charge in [0, 0.05) is 12.0 Å². The van der Waals surface area contributed by atoms with Crippen LogP contribution in [-0.4, -0.2) is 35.9 Å². The summed E-state index contributed by atoms with van der Waals surface area (Å²) in [5.74, 6) is -1.66. The van der Waals surface area contributed by atoms with Crippen molar-refractivity contribution in [2.45, 2.75) is 55.9 Å². The van der Waals surface area contributed by atoms with E-state index in [0.29, 0.717) is 12.5 Å². The molecule has 27 heavy (non-hydrogen) atoms. The third-order valence-corrected chi connectivity index (χ3v) is 9.14. The first-order valence-corrected chi connectivity index (χ1v) is 10.3. The van der Waals surface area contributed by atoms with Crippen LogP contribution in [0, 0.1) is 22.7 Å². The molecule has 0 radical (unpaired) electrons. The Labute approximate surface area is 158 Å². The van der Waals surface area contributed by atoms with E-state index in [0.717, 1.165) is 25.2 Å². The Hall–Kier alpha value is -1.49. The maximum atomic E-state index is 14.2. The first-order chi connectivity index (χ1) is 12.8. The van der Waals surface area contributed by atoms with Gasteiger partial charge >= 0.3 is 0 Å². The molecule has 5 aliphatic rings. The fraction of sp³-hybridized carbons (Fsp3) is 0.682. The lowest BCUT2D eigenvalue weighted by atomic mass is 9.30. The zero-order valence-electron chi connectivity index (χ0n) is 15.5. The van der Waals surface area contributed by atoms with Crippen molar-refractivity contribution in [3.8, 4) is 0 Å². The van der Waals surface area contributed by atoms with Crippen LogP contribution in [-0.2, 0) is 10.2 Å². The summed E-state index contributed by atoms with van der Waals surface area (Å²) in [6.07, 6.45) is 5.26. The molecule has 1 spiro atoms. The zero-order chi connectivity index (χ0) is 18.7. The van der Waals surface area contributed by atoms with Crippen LogP contribution in [0.4, 0.5) is 8.78 Å². The number of amides is 1. The van der Waals surface area contributed by atoms with Gasteiger partial charge in [-0.1, -0.05) is 30.3 Å². The Bertz CT molecular complexity index is 829. The molecule has 144 valence electrons. The van der Waals surface area contributed by atoms with Gasteiger partial charge in [-0.25, -0.2) is 8.78 Å². The molecule has 6 unspecified atom stereocenters. The Morgan fingerprint density at radius 1 is 1.11 bits per heavy atom. The van der Waals surface area contributed by atoms with E-state index in [1.165, 1.54) is 23.3 Å². The maximum Gasteiger partial charge on any atom is 0.280 e. The van der Waals surface area contributed by atoms with Crippen molar-refractivity contribution in [2.75, 3.05) is 13.1 Å². The van der Waals surface area contributed by atoms with Crippen molar-refractivity contribution in [3.63, 3.8) is 0 Å². The number of carbonyl (C=O) groups is 1. The fourth-order valence-corrected chi connectivity index (χ4v) is 8.19. The van der Waals surface area contributed by atoms with Gasteiger partial charge in [0.05, 0.1) is 18.0 Å². The Morgan fingerprint density at radius 3 is 2.56 bits per heavy atom. The Balaban J connectivity index is 1.36. The zero-order valence-corrected chi connectivity index (χ0v) is 15.5. The van der Waals surface area contributed by atoms with Crippen LogP contribution >= 0.6 is 0 Å². The third-order valence-electron chi connectivity index (χ3n) is 9.14. The molecule has 1 aliphatic heterocycles. The highest BCUT2D eigenvalue weighted by atomic mass is 19.3. The van der Waals surface area contributed by atoms with E-state index >= 15 is 0 Å². The van der Waals surface area contributed by atoms with E-state index in [2.05, 4.69) is 24.3 Å².